The lowest BCUT2D eigenvalue weighted by atomic mass is 9.97. The molecule has 1 saturated heterocycles. The van der Waals surface area contributed by atoms with Gasteiger partial charge in [0.25, 0.3) is 5.84 Å². The summed E-state index contributed by atoms with van der Waals surface area (Å²) in [5.74, 6) is 1.11. The fourth-order valence-electron chi connectivity index (χ4n) is 3.15. The molecule has 0 aromatic heterocycles. The first kappa shape index (κ1) is 17.3. The van der Waals surface area contributed by atoms with Crippen LogP contribution in [0.15, 0.2) is 0 Å². The van der Waals surface area contributed by atoms with Crippen LogP contribution in [0.2, 0.25) is 0 Å². The standard InChI is InChI=1S/C14H25N2O3P.ClH/c1-14(2)10-18-20(17,19-11-14)12-6-3-4-8-16-9-5-7-15-13(12)16;/h12H,3-11H2,1-2H3;1H. The fourth-order valence-corrected chi connectivity index (χ4v) is 5.70. The fraction of sp³-hybridized carbons (Fsp3) is 0.929. The van der Waals surface area contributed by atoms with Crippen molar-refractivity contribution in [2.24, 2.45) is 5.41 Å². The summed E-state index contributed by atoms with van der Waals surface area (Å²) in [5.41, 5.74) is -0.135. The Bertz CT molecular complexity index is 453. The van der Waals surface area contributed by atoms with Crippen LogP contribution in [-0.2, 0) is 13.6 Å². The second-order valence-electron chi connectivity index (χ2n) is 6.92. The van der Waals surface area contributed by atoms with E-state index in [4.69, 9.17) is 9.05 Å². The molecule has 7 heteroatoms. The highest BCUT2D eigenvalue weighted by atomic mass is 35.5. The Balaban J connectivity index is 0.00000161. The van der Waals surface area contributed by atoms with E-state index < -0.39 is 7.60 Å². The Labute approximate surface area is 133 Å². The summed E-state index contributed by atoms with van der Waals surface area (Å²) in [6, 6.07) is 0. The van der Waals surface area contributed by atoms with Crippen LogP contribution in [0.25, 0.3) is 0 Å². The largest absolute Gasteiger partial charge is 1.00 e. The number of hydrogen-bond acceptors (Lipinski definition) is 4. The van der Waals surface area contributed by atoms with Crippen LogP contribution in [0.5, 0.6) is 0 Å². The molecule has 122 valence electrons. The number of halogens is 1. The lowest BCUT2D eigenvalue weighted by Gasteiger charge is -2.37. The van der Waals surface area contributed by atoms with E-state index in [0.29, 0.717) is 13.2 Å². The molecule has 21 heavy (non-hydrogen) atoms. The molecule has 0 amide bonds. The van der Waals surface area contributed by atoms with Gasteiger partial charge in [0.2, 0.25) is 0 Å². The van der Waals surface area contributed by atoms with Crippen molar-refractivity contribution in [1.82, 2.24) is 5.32 Å². The lowest BCUT2D eigenvalue weighted by Crippen LogP contribution is -3.00. The van der Waals surface area contributed by atoms with Crippen molar-refractivity contribution >= 4 is 13.4 Å². The number of hydrogen-bond donors (Lipinski definition) is 1. The molecule has 3 rings (SSSR count). The Hall–Kier alpha value is -0.0900. The number of nitrogens with zero attached hydrogens (tertiary/aromatic N) is 1. The van der Waals surface area contributed by atoms with Crippen molar-refractivity contribution in [2.45, 2.75) is 45.2 Å². The quantitative estimate of drug-likeness (QED) is 0.504. The molecule has 0 aromatic rings. The normalized spacial score (nSPS) is 31.4. The third kappa shape index (κ3) is 3.64. The van der Waals surface area contributed by atoms with Crippen LogP contribution in [0.1, 0.15) is 39.5 Å². The molecule has 1 N–H and O–H groups in total. The zero-order valence-corrected chi connectivity index (χ0v) is 14.6. The molecule has 5 nitrogen and oxygen atoms in total. The van der Waals surface area contributed by atoms with E-state index in [0.717, 1.165) is 51.2 Å². The summed E-state index contributed by atoms with van der Waals surface area (Å²) in [6.45, 7) is 8.30. The van der Waals surface area contributed by atoms with Gasteiger partial charge >= 0.3 is 7.60 Å². The smallest absolute Gasteiger partial charge is 0.345 e. The zero-order chi connectivity index (χ0) is 14.2. The van der Waals surface area contributed by atoms with Gasteiger partial charge in [0, 0.05) is 11.8 Å². The van der Waals surface area contributed by atoms with E-state index in [9.17, 15) is 4.57 Å². The van der Waals surface area contributed by atoms with Gasteiger partial charge < -0.3 is 21.5 Å². The van der Waals surface area contributed by atoms with Gasteiger partial charge in [0.1, 0.15) is 0 Å². The molecular formula is C14H26ClN2O3P. The number of nitrogens with one attached hydrogen (secondary N) is 1. The molecule has 0 saturated carbocycles. The van der Waals surface area contributed by atoms with Crippen molar-refractivity contribution in [1.29, 1.82) is 0 Å². The zero-order valence-electron chi connectivity index (χ0n) is 12.9. The van der Waals surface area contributed by atoms with Crippen molar-refractivity contribution in [3.63, 3.8) is 0 Å². The Kier molecular flexibility index (Phi) is 5.40. The monoisotopic (exact) mass is 336 g/mol. The van der Waals surface area contributed by atoms with Crippen LogP contribution < -0.4 is 17.7 Å². The third-order valence-electron chi connectivity index (χ3n) is 4.38. The molecule has 0 aromatic carbocycles. The van der Waals surface area contributed by atoms with Gasteiger partial charge in [-0.2, -0.15) is 0 Å². The average molecular weight is 337 g/mol. The van der Waals surface area contributed by atoms with Gasteiger partial charge in [-0.15, -0.1) is 0 Å². The van der Waals surface area contributed by atoms with E-state index in [2.05, 4.69) is 23.7 Å². The Morgan fingerprint density at radius 2 is 1.86 bits per heavy atom. The topological polar surface area (TPSA) is 50.6 Å². The highest BCUT2D eigenvalue weighted by molar-refractivity contribution is 7.55. The van der Waals surface area contributed by atoms with E-state index in [1.807, 2.05) is 0 Å². The van der Waals surface area contributed by atoms with Crippen LogP contribution in [-0.4, -0.2) is 48.9 Å². The van der Waals surface area contributed by atoms with Crippen molar-refractivity contribution in [3.05, 3.63) is 0 Å². The number of rotatable bonds is 1. The summed E-state index contributed by atoms with van der Waals surface area (Å²) in [6.07, 6.45) is 4.30. The number of amidine groups is 1. The first-order chi connectivity index (χ1) is 9.50. The lowest BCUT2D eigenvalue weighted by molar-refractivity contribution is -0.534. The minimum Gasteiger partial charge on any atom is -1.00 e. The van der Waals surface area contributed by atoms with Gasteiger partial charge in [-0.25, -0.2) is 0 Å². The maximum atomic E-state index is 13.2. The summed E-state index contributed by atoms with van der Waals surface area (Å²) in [7, 11) is -3.03. The second kappa shape index (κ2) is 6.57. The maximum absolute atomic E-state index is 13.2. The van der Waals surface area contributed by atoms with Crippen molar-refractivity contribution in [2.75, 3.05) is 32.8 Å². The van der Waals surface area contributed by atoms with Gasteiger partial charge in [-0.05, 0) is 19.3 Å². The predicted molar refractivity (Wildman–Crippen MR) is 78.6 cm³/mol. The van der Waals surface area contributed by atoms with Crippen molar-refractivity contribution < 1.29 is 30.6 Å². The Morgan fingerprint density at radius 3 is 2.57 bits per heavy atom. The molecule has 1 fully saturated rings. The second-order valence-corrected chi connectivity index (χ2v) is 9.13. The summed E-state index contributed by atoms with van der Waals surface area (Å²) < 4.78 is 27.0. The van der Waals surface area contributed by atoms with Gasteiger partial charge in [-0.1, -0.05) is 13.8 Å². The minimum atomic E-state index is -3.03. The molecule has 0 aliphatic carbocycles. The molecule has 0 radical (unpaired) electrons. The summed E-state index contributed by atoms with van der Waals surface area (Å²) in [5, 5.41) is 3.46. The Morgan fingerprint density at radius 1 is 1.19 bits per heavy atom. The molecular weight excluding hydrogens is 311 g/mol. The highest BCUT2D eigenvalue weighted by Crippen LogP contribution is 2.59. The van der Waals surface area contributed by atoms with E-state index >= 15 is 0 Å². The summed E-state index contributed by atoms with van der Waals surface area (Å²) in [4.78, 5) is 0. The highest BCUT2D eigenvalue weighted by Gasteiger charge is 2.49. The SMILES string of the molecule is CC1(C)COP(=O)(C2CCCC[N+]3=C2NCCC3)OC1.[Cl-]. The minimum absolute atomic E-state index is 0. The molecule has 3 aliphatic heterocycles. The molecule has 3 aliphatic rings. The van der Waals surface area contributed by atoms with Gasteiger partial charge in [-0.3, -0.25) is 14.5 Å². The molecule has 3 heterocycles. The van der Waals surface area contributed by atoms with E-state index in [1.54, 1.807) is 0 Å². The van der Waals surface area contributed by atoms with Crippen LogP contribution in [0, 0.1) is 5.41 Å². The third-order valence-corrected chi connectivity index (χ3v) is 6.62. The molecule has 0 bridgehead atoms. The summed E-state index contributed by atoms with van der Waals surface area (Å²) >= 11 is 0. The average Bonchev–Trinajstić information content (AvgIpc) is 2.65. The van der Waals surface area contributed by atoms with E-state index in [-0.39, 0.29) is 23.5 Å². The van der Waals surface area contributed by atoms with Crippen LogP contribution in [0.3, 0.4) is 0 Å². The van der Waals surface area contributed by atoms with Crippen LogP contribution in [0.4, 0.5) is 0 Å². The van der Waals surface area contributed by atoms with Crippen molar-refractivity contribution in [3.8, 4) is 0 Å². The first-order valence-electron chi connectivity index (χ1n) is 7.75. The van der Waals surface area contributed by atoms with Gasteiger partial charge in [0.15, 0.2) is 5.66 Å². The molecule has 1 unspecified atom stereocenters. The predicted octanol–water partition coefficient (Wildman–Crippen LogP) is -0.787. The first-order valence-corrected chi connectivity index (χ1v) is 9.36. The molecule has 1 atom stereocenters. The molecule has 0 spiro atoms. The maximum Gasteiger partial charge on any atom is 0.345 e. The van der Waals surface area contributed by atoms with Crippen LogP contribution >= 0.6 is 7.60 Å². The van der Waals surface area contributed by atoms with E-state index in [1.165, 1.54) is 0 Å². The van der Waals surface area contributed by atoms with Gasteiger partial charge in [0.05, 0.1) is 32.8 Å².